The van der Waals surface area contributed by atoms with Crippen LogP contribution in [0.1, 0.15) is 47.7 Å². The quantitative estimate of drug-likeness (QED) is 0.709. The standard InChI is InChI=1S/C24H26ClNO4/c1-15-12-16(2)22-20(27)14-24(30-21(22)13-15)8-10-26(11-9-24)23(28)17(3)29-19-6-4-18(25)5-7-19/h4-7,12-13,17H,8-11,14H2,1-3H3. The Balaban J connectivity index is 1.41. The lowest BCUT2D eigenvalue weighted by atomic mass is 9.81. The zero-order valence-corrected chi connectivity index (χ0v) is 18.3. The number of nitrogens with zero attached hydrogens (tertiary/aromatic N) is 1. The van der Waals surface area contributed by atoms with E-state index in [0.29, 0.717) is 54.4 Å². The molecule has 158 valence electrons. The molecule has 1 spiro atoms. The van der Waals surface area contributed by atoms with Gasteiger partial charge in [0.05, 0.1) is 12.0 Å². The molecule has 5 nitrogen and oxygen atoms in total. The minimum Gasteiger partial charge on any atom is -0.486 e. The normalized spacial score (nSPS) is 18.5. The summed E-state index contributed by atoms with van der Waals surface area (Å²) in [5.74, 6) is 1.36. The summed E-state index contributed by atoms with van der Waals surface area (Å²) in [6, 6.07) is 10.9. The van der Waals surface area contributed by atoms with E-state index in [-0.39, 0.29) is 11.7 Å². The highest BCUT2D eigenvalue weighted by atomic mass is 35.5. The molecule has 1 fully saturated rings. The second-order valence-electron chi connectivity index (χ2n) is 8.38. The van der Waals surface area contributed by atoms with Gasteiger partial charge in [0.25, 0.3) is 5.91 Å². The summed E-state index contributed by atoms with van der Waals surface area (Å²) >= 11 is 5.90. The third kappa shape index (κ3) is 4.04. The molecule has 1 amide bonds. The second kappa shape index (κ2) is 7.95. The van der Waals surface area contributed by atoms with E-state index in [4.69, 9.17) is 21.1 Å². The van der Waals surface area contributed by atoms with Crippen molar-refractivity contribution in [1.29, 1.82) is 0 Å². The molecule has 0 saturated carbocycles. The molecular weight excluding hydrogens is 402 g/mol. The highest BCUT2D eigenvalue weighted by Crippen LogP contribution is 2.41. The second-order valence-corrected chi connectivity index (χ2v) is 8.82. The number of ketones is 1. The van der Waals surface area contributed by atoms with E-state index in [1.165, 1.54) is 0 Å². The molecule has 0 N–H and O–H groups in total. The molecule has 30 heavy (non-hydrogen) atoms. The Hall–Kier alpha value is -2.53. The molecule has 0 aromatic heterocycles. The van der Waals surface area contributed by atoms with Crippen LogP contribution in [0.4, 0.5) is 0 Å². The van der Waals surface area contributed by atoms with Gasteiger partial charge in [-0.25, -0.2) is 0 Å². The predicted octanol–water partition coefficient (Wildman–Crippen LogP) is 4.75. The number of carbonyl (C=O) groups is 2. The summed E-state index contributed by atoms with van der Waals surface area (Å²) in [6.07, 6.45) is 1.03. The molecule has 1 atom stereocenters. The number of piperidine rings is 1. The van der Waals surface area contributed by atoms with Crippen LogP contribution in [0.15, 0.2) is 36.4 Å². The summed E-state index contributed by atoms with van der Waals surface area (Å²) in [5.41, 5.74) is 2.22. The number of rotatable bonds is 3. The Labute approximate surface area is 181 Å². The molecule has 2 aromatic carbocycles. The van der Waals surface area contributed by atoms with Crippen molar-refractivity contribution in [1.82, 2.24) is 4.90 Å². The van der Waals surface area contributed by atoms with Crippen molar-refractivity contribution in [3.63, 3.8) is 0 Å². The maximum atomic E-state index is 12.9. The Morgan fingerprint density at radius 2 is 1.83 bits per heavy atom. The van der Waals surface area contributed by atoms with Crippen LogP contribution in [0.3, 0.4) is 0 Å². The van der Waals surface area contributed by atoms with E-state index < -0.39 is 11.7 Å². The molecule has 2 aliphatic heterocycles. The smallest absolute Gasteiger partial charge is 0.263 e. The van der Waals surface area contributed by atoms with Gasteiger partial charge >= 0.3 is 0 Å². The van der Waals surface area contributed by atoms with Crippen molar-refractivity contribution in [2.24, 2.45) is 0 Å². The van der Waals surface area contributed by atoms with Crippen molar-refractivity contribution in [3.05, 3.63) is 58.1 Å². The van der Waals surface area contributed by atoms with Crippen LogP contribution in [-0.4, -0.2) is 41.4 Å². The first-order valence-electron chi connectivity index (χ1n) is 10.3. The Morgan fingerprint density at radius 1 is 1.17 bits per heavy atom. The third-order valence-corrected chi connectivity index (χ3v) is 6.24. The number of benzene rings is 2. The number of ether oxygens (including phenoxy) is 2. The Kier molecular flexibility index (Phi) is 5.49. The minimum absolute atomic E-state index is 0.0611. The van der Waals surface area contributed by atoms with Gasteiger partial charge in [0.15, 0.2) is 11.9 Å². The molecule has 6 heteroatoms. The molecule has 2 aromatic rings. The average molecular weight is 428 g/mol. The van der Waals surface area contributed by atoms with Crippen LogP contribution >= 0.6 is 11.6 Å². The van der Waals surface area contributed by atoms with Crippen LogP contribution in [0.5, 0.6) is 11.5 Å². The first-order valence-corrected chi connectivity index (χ1v) is 10.7. The minimum atomic E-state index is -0.597. The summed E-state index contributed by atoms with van der Waals surface area (Å²) in [7, 11) is 0. The van der Waals surface area contributed by atoms with E-state index >= 15 is 0 Å². The third-order valence-electron chi connectivity index (χ3n) is 5.99. The molecule has 2 heterocycles. The maximum absolute atomic E-state index is 12.9. The highest BCUT2D eigenvalue weighted by Gasteiger charge is 2.44. The van der Waals surface area contributed by atoms with Gasteiger partial charge in [0.2, 0.25) is 0 Å². The largest absolute Gasteiger partial charge is 0.486 e. The van der Waals surface area contributed by atoms with Crippen LogP contribution in [0.2, 0.25) is 5.02 Å². The van der Waals surface area contributed by atoms with Gasteiger partial charge in [-0.3, -0.25) is 9.59 Å². The van der Waals surface area contributed by atoms with E-state index in [0.717, 1.165) is 11.1 Å². The first-order chi connectivity index (χ1) is 14.3. The van der Waals surface area contributed by atoms with Crippen LogP contribution in [-0.2, 0) is 4.79 Å². The number of hydrogen-bond donors (Lipinski definition) is 0. The summed E-state index contributed by atoms with van der Waals surface area (Å²) in [5, 5.41) is 0.622. The Morgan fingerprint density at radius 3 is 2.50 bits per heavy atom. The monoisotopic (exact) mass is 427 g/mol. The number of fused-ring (bicyclic) bond motifs is 1. The molecule has 4 rings (SSSR count). The van der Waals surface area contributed by atoms with Crippen molar-refractivity contribution >= 4 is 23.3 Å². The van der Waals surface area contributed by atoms with Gasteiger partial charge in [0, 0.05) is 31.0 Å². The molecule has 0 bridgehead atoms. The fraction of sp³-hybridized carbons (Fsp3) is 0.417. The summed E-state index contributed by atoms with van der Waals surface area (Å²) in [6.45, 7) is 6.80. The van der Waals surface area contributed by atoms with E-state index in [2.05, 4.69) is 0 Å². The fourth-order valence-corrected chi connectivity index (χ4v) is 4.58. The lowest BCUT2D eigenvalue weighted by Gasteiger charge is -2.44. The van der Waals surface area contributed by atoms with E-state index in [9.17, 15) is 9.59 Å². The Bertz CT molecular complexity index is 977. The van der Waals surface area contributed by atoms with Gasteiger partial charge in [-0.1, -0.05) is 17.7 Å². The maximum Gasteiger partial charge on any atom is 0.263 e. The number of carbonyl (C=O) groups excluding carboxylic acids is 2. The number of halogens is 1. The molecule has 1 unspecified atom stereocenters. The first kappa shape index (κ1) is 20.7. The van der Waals surface area contributed by atoms with Gasteiger partial charge in [-0.15, -0.1) is 0 Å². The zero-order chi connectivity index (χ0) is 21.5. The van der Waals surface area contributed by atoms with Gasteiger partial charge < -0.3 is 14.4 Å². The van der Waals surface area contributed by atoms with Crippen molar-refractivity contribution in [2.45, 2.75) is 51.7 Å². The van der Waals surface area contributed by atoms with Gasteiger partial charge in [-0.2, -0.15) is 0 Å². The lowest BCUT2D eigenvalue weighted by molar-refractivity contribution is -0.141. The molecule has 0 aliphatic carbocycles. The van der Waals surface area contributed by atoms with E-state index in [1.807, 2.05) is 26.0 Å². The molecule has 2 aliphatic rings. The average Bonchev–Trinajstić information content (AvgIpc) is 2.68. The summed E-state index contributed by atoms with van der Waals surface area (Å²) < 4.78 is 12.2. The predicted molar refractivity (Wildman–Crippen MR) is 116 cm³/mol. The fourth-order valence-electron chi connectivity index (χ4n) is 4.46. The highest BCUT2D eigenvalue weighted by molar-refractivity contribution is 6.30. The van der Waals surface area contributed by atoms with Gasteiger partial charge in [0.1, 0.15) is 17.1 Å². The lowest BCUT2D eigenvalue weighted by Crippen LogP contribution is -2.54. The topological polar surface area (TPSA) is 55.8 Å². The molecule has 1 saturated heterocycles. The SMILES string of the molecule is Cc1cc(C)c2c(c1)OC1(CCN(C(=O)C(C)Oc3ccc(Cl)cc3)CC1)CC2=O. The van der Waals surface area contributed by atoms with Crippen molar-refractivity contribution < 1.29 is 19.1 Å². The zero-order valence-electron chi connectivity index (χ0n) is 17.5. The van der Waals surface area contributed by atoms with Crippen molar-refractivity contribution in [3.8, 4) is 11.5 Å². The van der Waals surface area contributed by atoms with Gasteiger partial charge in [-0.05, 0) is 62.2 Å². The van der Waals surface area contributed by atoms with Crippen LogP contribution < -0.4 is 9.47 Å². The number of aryl methyl sites for hydroxylation is 2. The number of amides is 1. The number of Topliss-reactive ketones (excluding diaryl/α,β-unsaturated/α-hetero) is 1. The van der Waals surface area contributed by atoms with Crippen LogP contribution in [0.25, 0.3) is 0 Å². The summed E-state index contributed by atoms with van der Waals surface area (Å²) in [4.78, 5) is 27.5. The molecule has 0 radical (unpaired) electrons. The van der Waals surface area contributed by atoms with Crippen LogP contribution in [0, 0.1) is 13.8 Å². The number of hydrogen-bond acceptors (Lipinski definition) is 4. The molecular formula is C24H26ClNO4. The van der Waals surface area contributed by atoms with E-state index in [1.54, 1.807) is 36.1 Å². The number of likely N-dealkylation sites (tertiary alicyclic amines) is 1. The van der Waals surface area contributed by atoms with Crippen molar-refractivity contribution in [2.75, 3.05) is 13.1 Å².